The molecule has 0 atom stereocenters. The van der Waals surface area contributed by atoms with Crippen LogP contribution < -0.4 is 21.0 Å². The zero-order valence-corrected chi connectivity index (χ0v) is 14.7. The van der Waals surface area contributed by atoms with Crippen LogP contribution in [0.1, 0.15) is 6.92 Å². The summed E-state index contributed by atoms with van der Waals surface area (Å²) in [7, 11) is 0. The van der Waals surface area contributed by atoms with E-state index in [1.54, 1.807) is 25.1 Å². The lowest BCUT2D eigenvalue weighted by Gasteiger charge is -2.09. The first kappa shape index (κ1) is 18.2. The van der Waals surface area contributed by atoms with Gasteiger partial charge in [-0.3, -0.25) is 10.1 Å². The lowest BCUT2D eigenvalue weighted by atomic mass is 10.0. The number of carbonyl (C=O) groups excluding carboxylic acids is 2. The molecular formula is C20H18N2O5. The number of urea groups is 1. The molecule has 0 unspecified atom stereocenters. The second-order valence-corrected chi connectivity index (χ2v) is 5.70. The van der Waals surface area contributed by atoms with Crippen LogP contribution in [0.25, 0.3) is 22.1 Å². The molecule has 2 N–H and O–H groups in total. The molecule has 3 amide bonds. The molecule has 0 aliphatic heterocycles. The van der Waals surface area contributed by atoms with Gasteiger partial charge in [-0.05, 0) is 30.2 Å². The van der Waals surface area contributed by atoms with Crippen molar-refractivity contribution in [2.75, 3.05) is 13.2 Å². The minimum absolute atomic E-state index is 0.342. The van der Waals surface area contributed by atoms with E-state index in [1.807, 2.05) is 30.3 Å². The van der Waals surface area contributed by atoms with Crippen LogP contribution in [-0.2, 0) is 4.79 Å². The van der Waals surface area contributed by atoms with Crippen LogP contribution in [0.5, 0.6) is 5.75 Å². The zero-order valence-electron chi connectivity index (χ0n) is 14.7. The predicted octanol–water partition coefficient (Wildman–Crippen LogP) is 2.68. The van der Waals surface area contributed by atoms with Gasteiger partial charge in [0.05, 0.1) is 0 Å². The van der Waals surface area contributed by atoms with E-state index < -0.39 is 17.6 Å². The second kappa shape index (κ2) is 8.18. The number of hydrogen-bond acceptors (Lipinski definition) is 5. The summed E-state index contributed by atoms with van der Waals surface area (Å²) in [5.74, 6) is -0.234. The van der Waals surface area contributed by atoms with Crippen LogP contribution >= 0.6 is 0 Å². The average Bonchev–Trinajstić information content (AvgIpc) is 2.66. The molecule has 0 bridgehead atoms. The van der Waals surface area contributed by atoms with Gasteiger partial charge >= 0.3 is 11.7 Å². The van der Waals surface area contributed by atoms with Crippen molar-refractivity contribution >= 4 is 22.9 Å². The highest BCUT2D eigenvalue weighted by molar-refractivity contribution is 5.95. The van der Waals surface area contributed by atoms with Crippen molar-refractivity contribution in [2.45, 2.75) is 6.92 Å². The fourth-order valence-corrected chi connectivity index (χ4v) is 2.61. The molecule has 0 spiro atoms. The number of ether oxygens (including phenoxy) is 1. The van der Waals surface area contributed by atoms with Crippen LogP contribution in [0, 0.1) is 0 Å². The zero-order chi connectivity index (χ0) is 19.2. The third-order valence-electron chi connectivity index (χ3n) is 3.76. The SMILES string of the molecule is CCNC(=O)NC(=O)COc1ccc2c(-c3ccccc3)cc(=O)oc2c1. The van der Waals surface area contributed by atoms with Crippen molar-refractivity contribution in [1.29, 1.82) is 0 Å². The van der Waals surface area contributed by atoms with E-state index in [9.17, 15) is 14.4 Å². The van der Waals surface area contributed by atoms with E-state index in [1.165, 1.54) is 6.07 Å². The first-order chi connectivity index (χ1) is 13.1. The molecule has 1 aromatic heterocycles. The fraction of sp³-hybridized carbons (Fsp3) is 0.150. The molecule has 0 aliphatic rings. The Kier molecular flexibility index (Phi) is 5.51. The summed E-state index contributed by atoms with van der Waals surface area (Å²) in [5, 5.41) is 5.34. The summed E-state index contributed by atoms with van der Waals surface area (Å²) in [5.41, 5.74) is 1.52. The molecule has 3 aromatic rings. The van der Waals surface area contributed by atoms with Gasteiger partial charge in [-0.1, -0.05) is 30.3 Å². The van der Waals surface area contributed by atoms with Crippen LogP contribution in [0.15, 0.2) is 63.8 Å². The second-order valence-electron chi connectivity index (χ2n) is 5.70. The van der Waals surface area contributed by atoms with Crippen molar-refractivity contribution in [3.05, 3.63) is 65.0 Å². The number of nitrogens with one attached hydrogen (secondary N) is 2. The topological polar surface area (TPSA) is 97.6 Å². The number of amides is 3. The maximum absolute atomic E-state index is 11.9. The van der Waals surface area contributed by atoms with Crippen molar-refractivity contribution < 1.29 is 18.7 Å². The Morgan fingerprint density at radius 3 is 2.59 bits per heavy atom. The van der Waals surface area contributed by atoms with Crippen molar-refractivity contribution in [3.63, 3.8) is 0 Å². The fourth-order valence-electron chi connectivity index (χ4n) is 2.61. The van der Waals surface area contributed by atoms with E-state index in [-0.39, 0.29) is 6.61 Å². The molecule has 2 aromatic carbocycles. The minimum atomic E-state index is -0.583. The molecule has 0 aliphatic carbocycles. The van der Waals surface area contributed by atoms with E-state index in [0.29, 0.717) is 17.9 Å². The van der Waals surface area contributed by atoms with Crippen LogP contribution in [0.2, 0.25) is 0 Å². The molecule has 0 saturated heterocycles. The summed E-state index contributed by atoms with van der Waals surface area (Å²) >= 11 is 0. The lowest BCUT2D eigenvalue weighted by molar-refractivity contribution is -0.122. The summed E-state index contributed by atoms with van der Waals surface area (Å²) in [4.78, 5) is 34.9. The van der Waals surface area contributed by atoms with E-state index in [4.69, 9.17) is 9.15 Å². The summed E-state index contributed by atoms with van der Waals surface area (Å²) < 4.78 is 10.7. The first-order valence-electron chi connectivity index (χ1n) is 8.40. The van der Waals surface area contributed by atoms with Gasteiger partial charge in [0, 0.05) is 24.1 Å². The molecule has 0 saturated carbocycles. The van der Waals surface area contributed by atoms with Gasteiger partial charge in [0.1, 0.15) is 11.3 Å². The van der Waals surface area contributed by atoms with Crippen molar-refractivity contribution in [3.8, 4) is 16.9 Å². The summed E-state index contributed by atoms with van der Waals surface area (Å²) in [6.07, 6.45) is 0. The Morgan fingerprint density at radius 2 is 1.85 bits per heavy atom. The van der Waals surface area contributed by atoms with Crippen molar-refractivity contribution in [2.24, 2.45) is 0 Å². The van der Waals surface area contributed by atoms with Gasteiger partial charge in [-0.15, -0.1) is 0 Å². The van der Waals surface area contributed by atoms with Gasteiger partial charge < -0.3 is 14.5 Å². The number of carbonyl (C=O) groups is 2. The Balaban J connectivity index is 1.81. The maximum Gasteiger partial charge on any atom is 0.336 e. The molecular weight excluding hydrogens is 348 g/mol. The van der Waals surface area contributed by atoms with E-state index >= 15 is 0 Å². The van der Waals surface area contributed by atoms with Gasteiger partial charge in [0.15, 0.2) is 6.61 Å². The van der Waals surface area contributed by atoms with E-state index in [2.05, 4.69) is 10.6 Å². The highest BCUT2D eigenvalue weighted by Crippen LogP contribution is 2.29. The molecule has 7 nitrogen and oxygen atoms in total. The molecule has 138 valence electrons. The van der Waals surface area contributed by atoms with Crippen LogP contribution in [-0.4, -0.2) is 25.1 Å². The Bertz CT molecular complexity index is 1030. The largest absolute Gasteiger partial charge is 0.484 e. The molecule has 0 radical (unpaired) electrons. The smallest absolute Gasteiger partial charge is 0.336 e. The summed E-state index contributed by atoms with van der Waals surface area (Å²) in [6, 6.07) is 15.3. The standard InChI is InChI=1S/C20H18N2O5/c1-2-21-20(25)22-18(23)12-26-14-8-9-15-16(13-6-4-3-5-7-13)11-19(24)27-17(15)10-14/h3-11H,2,12H2,1H3,(H2,21,22,23,25). The van der Waals surface area contributed by atoms with Gasteiger partial charge in [0.2, 0.25) is 0 Å². The van der Waals surface area contributed by atoms with Gasteiger partial charge in [0.25, 0.3) is 5.91 Å². The van der Waals surface area contributed by atoms with Gasteiger partial charge in [-0.25, -0.2) is 9.59 Å². The highest BCUT2D eigenvalue weighted by Gasteiger charge is 2.11. The third-order valence-corrected chi connectivity index (χ3v) is 3.76. The van der Waals surface area contributed by atoms with Crippen LogP contribution in [0.3, 0.4) is 0 Å². The highest BCUT2D eigenvalue weighted by atomic mass is 16.5. The Labute approximate surface area is 154 Å². The Hall–Kier alpha value is -3.61. The monoisotopic (exact) mass is 366 g/mol. The molecule has 1 heterocycles. The third kappa shape index (κ3) is 4.52. The average molecular weight is 366 g/mol. The number of fused-ring (bicyclic) bond motifs is 1. The predicted molar refractivity (Wildman–Crippen MR) is 101 cm³/mol. The number of hydrogen-bond donors (Lipinski definition) is 2. The van der Waals surface area contributed by atoms with E-state index in [0.717, 1.165) is 16.5 Å². The quantitative estimate of drug-likeness (QED) is 0.677. The Morgan fingerprint density at radius 1 is 1.07 bits per heavy atom. The number of imide groups is 1. The minimum Gasteiger partial charge on any atom is -0.484 e. The van der Waals surface area contributed by atoms with Gasteiger partial charge in [-0.2, -0.15) is 0 Å². The number of rotatable bonds is 5. The molecule has 7 heteroatoms. The number of benzene rings is 2. The molecule has 3 rings (SSSR count). The normalized spacial score (nSPS) is 10.4. The van der Waals surface area contributed by atoms with Crippen LogP contribution in [0.4, 0.5) is 4.79 Å². The molecule has 27 heavy (non-hydrogen) atoms. The lowest BCUT2D eigenvalue weighted by Crippen LogP contribution is -2.41. The molecule has 0 fully saturated rings. The summed E-state index contributed by atoms with van der Waals surface area (Å²) in [6.45, 7) is 1.81. The van der Waals surface area contributed by atoms with Crippen molar-refractivity contribution in [1.82, 2.24) is 10.6 Å². The maximum atomic E-state index is 11.9. The first-order valence-corrected chi connectivity index (χ1v) is 8.40.